The lowest BCUT2D eigenvalue weighted by molar-refractivity contribution is 0.376. The quantitative estimate of drug-likeness (QED) is 0.589. The monoisotopic (exact) mass is 359 g/mol. The number of phenolic OH excluding ortho intramolecular Hbond substituents is 3. The molecule has 23 heavy (non-hydrogen) atoms. The molecule has 0 saturated heterocycles. The number of halogens is 3. The molecule has 0 radical (unpaired) electrons. The molecular formula is C16H16Cl2FNO3. The fourth-order valence-electron chi connectivity index (χ4n) is 2.89. The molecule has 0 aliphatic carbocycles. The highest BCUT2D eigenvalue weighted by Crippen LogP contribution is 2.45. The molecule has 0 bridgehead atoms. The van der Waals surface area contributed by atoms with Crippen molar-refractivity contribution in [2.45, 2.75) is 12.3 Å². The predicted octanol–water partition coefficient (Wildman–Crippen LogP) is 3.30. The van der Waals surface area contributed by atoms with Gasteiger partial charge in [-0.05, 0) is 41.8 Å². The summed E-state index contributed by atoms with van der Waals surface area (Å²) >= 11 is 6.18. The smallest absolute Gasteiger partial charge is 0.195 e. The van der Waals surface area contributed by atoms with Crippen molar-refractivity contribution in [1.29, 1.82) is 0 Å². The van der Waals surface area contributed by atoms with Crippen molar-refractivity contribution < 1.29 is 19.7 Å². The van der Waals surface area contributed by atoms with E-state index in [4.69, 9.17) is 11.6 Å². The van der Waals surface area contributed by atoms with Crippen LogP contribution in [0.15, 0.2) is 24.3 Å². The first-order valence-electron chi connectivity index (χ1n) is 6.92. The van der Waals surface area contributed by atoms with Gasteiger partial charge in [-0.1, -0.05) is 23.7 Å². The van der Waals surface area contributed by atoms with E-state index in [-0.39, 0.29) is 29.1 Å². The number of hydrogen-bond acceptors (Lipinski definition) is 4. The summed E-state index contributed by atoms with van der Waals surface area (Å²) in [6.45, 7) is 1.06. The topological polar surface area (TPSA) is 72.7 Å². The standard InChI is InChI=1S/C16H15ClFNO3.ClH/c17-13-12-10(14(18)16(22)15(13)21)5-6-19-7-11(12)8-1-3-9(20)4-2-8;/h1-4,11,19-22H,5-7H2;1H. The lowest BCUT2D eigenvalue weighted by Crippen LogP contribution is -2.21. The molecule has 124 valence electrons. The molecule has 0 spiro atoms. The molecule has 1 atom stereocenters. The van der Waals surface area contributed by atoms with Gasteiger partial charge in [-0.15, -0.1) is 12.4 Å². The van der Waals surface area contributed by atoms with Crippen LogP contribution in [-0.2, 0) is 6.42 Å². The minimum atomic E-state index is -0.829. The average molecular weight is 360 g/mol. The summed E-state index contributed by atoms with van der Waals surface area (Å²) in [5, 5.41) is 32.1. The Balaban J connectivity index is 0.00000192. The summed E-state index contributed by atoms with van der Waals surface area (Å²) in [6, 6.07) is 6.55. The molecule has 0 aromatic heterocycles. The van der Waals surface area contributed by atoms with Gasteiger partial charge in [0.1, 0.15) is 5.75 Å². The third-order valence-electron chi connectivity index (χ3n) is 4.01. The van der Waals surface area contributed by atoms with E-state index in [0.717, 1.165) is 5.56 Å². The Bertz CT molecular complexity index is 723. The third kappa shape index (κ3) is 3.04. The van der Waals surface area contributed by atoms with Crippen LogP contribution in [0.2, 0.25) is 5.02 Å². The molecule has 1 aliphatic heterocycles. The van der Waals surface area contributed by atoms with E-state index in [9.17, 15) is 19.7 Å². The van der Waals surface area contributed by atoms with Crippen molar-refractivity contribution in [3.05, 3.63) is 51.8 Å². The Morgan fingerprint density at radius 2 is 1.74 bits per heavy atom. The van der Waals surface area contributed by atoms with Gasteiger partial charge in [0, 0.05) is 12.5 Å². The molecule has 0 saturated carbocycles. The van der Waals surface area contributed by atoms with E-state index >= 15 is 0 Å². The molecule has 1 heterocycles. The summed E-state index contributed by atoms with van der Waals surface area (Å²) in [5.41, 5.74) is 1.62. The zero-order chi connectivity index (χ0) is 15.9. The lowest BCUT2D eigenvalue weighted by Gasteiger charge is -2.21. The first kappa shape index (κ1) is 17.7. The van der Waals surface area contributed by atoms with Crippen LogP contribution in [0.5, 0.6) is 17.2 Å². The van der Waals surface area contributed by atoms with Crippen LogP contribution < -0.4 is 5.32 Å². The van der Waals surface area contributed by atoms with E-state index in [2.05, 4.69) is 5.32 Å². The molecule has 2 aromatic carbocycles. The molecular weight excluding hydrogens is 344 g/mol. The van der Waals surface area contributed by atoms with Gasteiger partial charge in [-0.2, -0.15) is 0 Å². The normalized spacial score (nSPS) is 17.0. The SMILES string of the molecule is Cl.Oc1ccc(C2CNCCc3c(F)c(O)c(O)c(Cl)c32)cc1. The number of phenols is 3. The van der Waals surface area contributed by atoms with Crippen molar-refractivity contribution >= 4 is 24.0 Å². The maximum Gasteiger partial charge on any atom is 0.195 e. The highest BCUT2D eigenvalue weighted by atomic mass is 35.5. The average Bonchev–Trinajstić information content (AvgIpc) is 2.74. The van der Waals surface area contributed by atoms with Crippen LogP contribution in [0, 0.1) is 5.82 Å². The molecule has 3 rings (SSSR count). The summed E-state index contributed by atoms with van der Waals surface area (Å²) in [7, 11) is 0. The molecule has 4 N–H and O–H groups in total. The summed E-state index contributed by atoms with van der Waals surface area (Å²) in [6.07, 6.45) is 0.364. The number of aromatic hydroxyl groups is 3. The Morgan fingerprint density at radius 1 is 1.09 bits per heavy atom. The molecule has 1 unspecified atom stereocenters. The molecule has 7 heteroatoms. The maximum absolute atomic E-state index is 14.3. The fraction of sp³-hybridized carbons (Fsp3) is 0.250. The summed E-state index contributed by atoms with van der Waals surface area (Å²) < 4.78 is 14.3. The van der Waals surface area contributed by atoms with Crippen LogP contribution in [0.25, 0.3) is 0 Å². The minimum absolute atomic E-state index is 0. The Morgan fingerprint density at radius 3 is 2.39 bits per heavy atom. The molecule has 2 aromatic rings. The number of benzene rings is 2. The Kier molecular flexibility index (Phi) is 5.24. The van der Waals surface area contributed by atoms with Gasteiger partial charge in [-0.25, -0.2) is 4.39 Å². The van der Waals surface area contributed by atoms with Gasteiger partial charge in [-0.3, -0.25) is 0 Å². The van der Waals surface area contributed by atoms with Crippen molar-refractivity contribution in [2.24, 2.45) is 0 Å². The van der Waals surface area contributed by atoms with Crippen LogP contribution in [0.4, 0.5) is 4.39 Å². The number of nitrogens with one attached hydrogen (secondary N) is 1. The lowest BCUT2D eigenvalue weighted by atomic mass is 9.87. The number of fused-ring (bicyclic) bond motifs is 1. The molecule has 0 fully saturated rings. The van der Waals surface area contributed by atoms with Gasteiger partial charge in [0.15, 0.2) is 17.3 Å². The summed E-state index contributed by atoms with van der Waals surface area (Å²) in [4.78, 5) is 0. The maximum atomic E-state index is 14.3. The van der Waals surface area contributed by atoms with Gasteiger partial charge in [0.25, 0.3) is 0 Å². The summed E-state index contributed by atoms with van der Waals surface area (Å²) in [5.74, 6) is -2.42. The van der Waals surface area contributed by atoms with Gasteiger partial charge < -0.3 is 20.6 Å². The van der Waals surface area contributed by atoms with Crippen LogP contribution in [0.1, 0.15) is 22.6 Å². The van der Waals surface area contributed by atoms with E-state index in [1.165, 1.54) is 0 Å². The molecule has 0 amide bonds. The van der Waals surface area contributed by atoms with Gasteiger partial charge in [0.2, 0.25) is 0 Å². The second kappa shape index (κ2) is 6.83. The van der Waals surface area contributed by atoms with Crippen LogP contribution >= 0.6 is 24.0 Å². The number of hydrogen-bond donors (Lipinski definition) is 4. The molecule has 4 nitrogen and oxygen atoms in total. The van der Waals surface area contributed by atoms with Gasteiger partial charge >= 0.3 is 0 Å². The number of rotatable bonds is 1. The molecule has 1 aliphatic rings. The largest absolute Gasteiger partial charge is 0.508 e. The fourth-order valence-corrected chi connectivity index (χ4v) is 3.23. The van der Waals surface area contributed by atoms with Crippen LogP contribution in [0.3, 0.4) is 0 Å². The zero-order valence-electron chi connectivity index (χ0n) is 12.0. The highest BCUT2D eigenvalue weighted by Gasteiger charge is 2.30. The second-order valence-corrected chi connectivity index (χ2v) is 5.69. The van der Waals surface area contributed by atoms with E-state index in [1.54, 1.807) is 24.3 Å². The van der Waals surface area contributed by atoms with Crippen molar-refractivity contribution in [2.75, 3.05) is 13.1 Å². The van der Waals surface area contributed by atoms with E-state index in [1.807, 2.05) is 0 Å². The highest BCUT2D eigenvalue weighted by molar-refractivity contribution is 6.33. The van der Waals surface area contributed by atoms with E-state index in [0.29, 0.717) is 30.6 Å². The Hall–Kier alpha value is -1.69. The second-order valence-electron chi connectivity index (χ2n) is 5.32. The Labute approximate surface area is 143 Å². The van der Waals surface area contributed by atoms with Crippen LogP contribution in [-0.4, -0.2) is 28.4 Å². The zero-order valence-corrected chi connectivity index (χ0v) is 13.6. The van der Waals surface area contributed by atoms with Crippen molar-refractivity contribution in [3.8, 4) is 17.2 Å². The van der Waals surface area contributed by atoms with E-state index < -0.39 is 17.3 Å². The minimum Gasteiger partial charge on any atom is -0.508 e. The van der Waals surface area contributed by atoms with Crippen molar-refractivity contribution in [1.82, 2.24) is 5.32 Å². The van der Waals surface area contributed by atoms with Gasteiger partial charge in [0.05, 0.1) is 5.02 Å². The first-order valence-corrected chi connectivity index (χ1v) is 7.29. The predicted molar refractivity (Wildman–Crippen MR) is 88.5 cm³/mol. The third-order valence-corrected chi connectivity index (χ3v) is 4.39. The van der Waals surface area contributed by atoms with Crippen molar-refractivity contribution in [3.63, 3.8) is 0 Å². The first-order chi connectivity index (χ1) is 10.5.